The number of imide groups is 1. The van der Waals surface area contributed by atoms with Gasteiger partial charge in [0.15, 0.2) is 12.3 Å². The van der Waals surface area contributed by atoms with E-state index in [2.05, 4.69) is 19.4 Å². The van der Waals surface area contributed by atoms with E-state index in [-0.39, 0.29) is 12.3 Å². The first-order valence-electron chi connectivity index (χ1n) is 5.03. The third-order valence-electron chi connectivity index (χ3n) is 1.62. The zero-order valence-corrected chi connectivity index (χ0v) is 9.58. The van der Waals surface area contributed by atoms with Gasteiger partial charge in [-0.2, -0.15) is 0 Å². The zero-order valence-electron chi connectivity index (χ0n) is 9.58. The molecule has 96 valence electrons. The maximum atomic E-state index is 11.3. The van der Waals surface area contributed by atoms with Crippen LogP contribution in [0.3, 0.4) is 0 Å². The number of amides is 2. The SMILES string of the molecule is CCOC(=O)NC(=O)COC(=O)c1cnccn1. The van der Waals surface area contributed by atoms with Crippen molar-refractivity contribution in [2.75, 3.05) is 13.2 Å². The Morgan fingerprint density at radius 2 is 2.06 bits per heavy atom. The smallest absolute Gasteiger partial charge is 0.413 e. The van der Waals surface area contributed by atoms with Crippen molar-refractivity contribution in [2.24, 2.45) is 0 Å². The molecule has 0 atom stereocenters. The van der Waals surface area contributed by atoms with E-state index in [1.54, 1.807) is 6.92 Å². The summed E-state index contributed by atoms with van der Waals surface area (Å²) in [5.74, 6) is -1.59. The van der Waals surface area contributed by atoms with Gasteiger partial charge in [-0.05, 0) is 6.92 Å². The number of hydrogen-bond donors (Lipinski definition) is 1. The van der Waals surface area contributed by atoms with Crippen molar-refractivity contribution in [2.45, 2.75) is 6.92 Å². The average molecular weight is 253 g/mol. The molecule has 0 saturated carbocycles. The lowest BCUT2D eigenvalue weighted by atomic mass is 10.4. The van der Waals surface area contributed by atoms with Crippen LogP contribution in [0.15, 0.2) is 18.6 Å². The van der Waals surface area contributed by atoms with E-state index in [4.69, 9.17) is 0 Å². The molecule has 0 aliphatic rings. The van der Waals surface area contributed by atoms with Gasteiger partial charge in [-0.3, -0.25) is 15.1 Å². The highest BCUT2D eigenvalue weighted by molar-refractivity contribution is 5.94. The Morgan fingerprint density at radius 3 is 2.67 bits per heavy atom. The fourth-order valence-corrected chi connectivity index (χ4v) is 0.927. The van der Waals surface area contributed by atoms with Crippen LogP contribution in [-0.2, 0) is 14.3 Å². The van der Waals surface area contributed by atoms with E-state index in [1.165, 1.54) is 18.6 Å². The number of nitrogens with zero attached hydrogens (tertiary/aromatic N) is 2. The van der Waals surface area contributed by atoms with Gasteiger partial charge in [-0.15, -0.1) is 0 Å². The summed E-state index contributed by atoms with van der Waals surface area (Å²) in [5.41, 5.74) is -0.0264. The molecule has 1 heterocycles. The molecule has 8 heteroatoms. The predicted molar refractivity (Wildman–Crippen MR) is 57.5 cm³/mol. The summed E-state index contributed by atoms with van der Waals surface area (Å²) in [6.45, 7) is 1.13. The van der Waals surface area contributed by atoms with E-state index < -0.39 is 24.6 Å². The molecule has 0 fully saturated rings. The lowest BCUT2D eigenvalue weighted by Gasteiger charge is -2.04. The summed E-state index contributed by atoms with van der Waals surface area (Å²) in [5, 5.41) is 1.87. The fourth-order valence-electron chi connectivity index (χ4n) is 0.927. The van der Waals surface area contributed by atoms with E-state index in [0.29, 0.717) is 0 Å². The Labute approximate surface area is 102 Å². The molecule has 18 heavy (non-hydrogen) atoms. The van der Waals surface area contributed by atoms with Crippen molar-refractivity contribution in [1.29, 1.82) is 0 Å². The van der Waals surface area contributed by atoms with Gasteiger partial charge in [0.1, 0.15) is 0 Å². The largest absolute Gasteiger partial charge is 0.451 e. The minimum Gasteiger partial charge on any atom is -0.451 e. The molecule has 0 radical (unpaired) electrons. The van der Waals surface area contributed by atoms with Crippen LogP contribution in [0.25, 0.3) is 0 Å². The summed E-state index contributed by atoms with van der Waals surface area (Å²) in [6.07, 6.45) is 3.02. The van der Waals surface area contributed by atoms with E-state index in [0.717, 1.165) is 0 Å². The topological polar surface area (TPSA) is 107 Å². The Balaban J connectivity index is 2.35. The molecule has 0 bridgehead atoms. The second-order valence-corrected chi connectivity index (χ2v) is 2.94. The Hall–Kier alpha value is -2.51. The highest BCUT2D eigenvalue weighted by Crippen LogP contribution is 1.94. The monoisotopic (exact) mass is 253 g/mol. The second kappa shape index (κ2) is 6.94. The zero-order chi connectivity index (χ0) is 13.4. The summed E-state index contributed by atoms with van der Waals surface area (Å²) in [4.78, 5) is 40.7. The molecule has 0 spiro atoms. The maximum absolute atomic E-state index is 11.3. The molecule has 0 aliphatic carbocycles. The van der Waals surface area contributed by atoms with Crippen LogP contribution >= 0.6 is 0 Å². The van der Waals surface area contributed by atoms with Crippen molar-refractivity contribution < 1.29 is 23.9 Å². The molecular formula is C10H11N3O5. The van der Waals surface area contributed by atoms with Crippen LogP contribution < -0.4 is 5.32 Å². The van der Waals surface area contributed by atoms with Gasteiger partial charge in [0, 0.05) is 12.4 Å². The number of ether oxygens (including phenoxy) is 2. The molecule has 2 amide bonds. The lowest BCUT2D eigenvalue weighted by Crippen LogP contribution is -2.34. The third kappa shape index (κ3) is 4.56. The number of carbonyl (C=O) groups is 3. The van der Waals surface area contributed by atoms with Crippen LogP contribution in [-0.4, -0.2) is 41.2 Å². The third-order valence-corrected chi connectivity index (χ3v) is 1.62. The summed E-state index contributed by atoms with van der Waals surface area (Å²) in [6, 6.07) is 0. The van der Waals surface area contributed by atoms with Crippen molar-refractivity contribution in [3.8, 4) is 0 Å². The normalized spacial score (nSPS) is 9.39. The maximum Gasteiger partial charge on any atom is 0.413 e. The number of hydrogen-bond acceptors (Lipinski definition) is 7. The van der Waals surface area contributed by atoms with Gasteiger partial charge >= 0.3 is 12.1 Å². The van der Waals surface area contributed by atoms with Crippen molar-refractivity contribution in [3.63, 3.8) is 0 Å². The van der Waals surface area contributed by atoms with Crippen LogP contribution in [0.4, 0.5) is 4.79 Å². The molecule has 1 aromatic rings. The van der Waals surface area contributed by atoms with Crippen molar-refractivity contribution in [3.05, 3.63) is 24.3 Å². The minimum absolute atomic E-state index is 0.0264. The van der Waals surface area contributed by atoms with E-state index in [1.807, 2.05) is 5.32 Å². The Bertz CT molecular complexity index is 434. The molecule has 0 aliphatic heterocycles. The molecule has 0 aromatic carbocycles. The summed E-state index contributed by atoms with van der Waals surface area (Å²) in [7, 11) is 0. The lowest BCUT2D eigenvalue weighted by molar-refractivity contribution is -0.123. The fraction of sp³-hybridized carbons (Fsp3) is 0.300. The molecular weight excluding hydrogens is 242 g/mol. The second-order valence-electron chi connectivity index (χ2n) is 2.94. The van der Waals surface area contributed by atoms with Crippen LogP contribution in [0.2, 0.25) is 0 Å². The van der Waals surface area contributed by atoms with Crippen molar-refractivity contribution in [1.82, 2.24) is 15.3 Å². The first-order chi connectivity index (χ1) is 8.63. The Kier molecular flexibility index (Phi) is 5.23. The van der Waals surface area contributed by atoms with Gasteiger partial charge in [0.2, 0.25) is 0 Å². The number of carbonyl (C=O) groups excluding carboxylic acids is 3. The molecule has 1 N–H and O–H groups in total. The van der Waals surface area contributed by atoms with Gasteiger partial charge in [0.05, 0.1) is 12.8 Å². The van der Waals surface area contributed by atoms with Gasteiger partial charge in [-0.1, -0.05) is 0 Å². The first-order valence-corrected chi connectivity index (χ1v) is 5.03. The number of aromatic nitrogens is 2. The molecule has 0 unspecified atom stereocenters. The summed E-state index contributed by atoms with van der Waals surface area (Å²) < 4.78 is 9.08. The number of alkyl carbamates (subject to hydrolysis) is 1. The highest BCUT2D eigenvalue weighted by Gasteiger charge is 2.13. The van der Waals surface area contributed by atoms with Gasteiger partial charge < -0.3 is 9.47 Å². The number of esters is 1. The molecule has 8 nitrogen and oxygen atoms in total. The highest BCUT2D eigenvalue weighted by atomic mass is 16.6. The first kappa shape index (κ1) is 13.6. The van der Waals surface area contributed by atoms with Crippen LogP contribution in [0.5, 0.6) is 0 Å². The standard InChI is InChI=1S/C10H11N3O5/c1-2-17-10(16)13-8(14)6-18-9(15)7-5-11-3-4-12-7/h3-5H,2,6H2,1H3,(H,13,14,16). The van der Waals surface area contributed by atoms with Gasteiger partial charge in [0.25, 0.3) is 5.91 Å². The minimum atomic E-state index is -0.891. The quantitative estimate of drug-likeness (QED) is 0.747. The molecule has 1 aromatic heterocycles. The van der Waals surface area contributed by atoms with Crippen LogP contribution in [0.1, 0.15) is 17.4 Å². The average Bonchev–Trinajstić information content (AvgIpc) is 2.37. The van der Waals surface area contributed by atoms with Crippen molar-refractivity contribution >= 4 is 18.0 Å². The van der Waals surface area contributed by atoms with E-state index in [9.17, 15) is 14.4 Å². The number of rotatable bonds is 4. The predicted octanol–water partition coefficient (Wildman–Crippen LogP) is -0.0939. The number of nitrogens with one attached hydrogen (secondary N) is 1. The van der Waals surface area contributed by atoms with E-state index >= 15 is 0 Å². The Morgan fingerprint density at radius 1 is 1.28 bits per heavy atom. The molecule has 0 saturated heterocycles. The van der Waals surface area contributed by atoms with Crippen LogP contribution in [0, 0.1) is 0 Å². The van der Waals surface area contributed by atoms with Gasteiger partial charge in [-0.25, -0.2) is 14.6 Å². The summed E-state index contributed by atoms with van der Waals surface area (Å²) >= 11 is 0. The molecule has 1 rings (SSSR count).